The normalized spacial score (nSPS) is 29.5. The standard InChI is InChI=1S/C12H25N/c1-4-11-5-7-12(8-6-11)13-9-10(2)3/h10-13H,4-9H2,1-3H3. The van der Waals surface area contributed by atoms with Crippen molar-refractivity contribution in [3.05, 3.63) is 0 Å². The SMILES string of the molecule is CCC1CCC(NCC(C)C)CC1. The lowest BCUT2D eigenvalue weighted by Crippen LogP contribution is -2.35. The van der Waals surface area contributed by atoms with Crippen LogP contribution in [-0.2, 0) is 0 Å². The van der Waals surface area contributed by atoms with E-state index in [0.29, 0.717) is 0 Å². The molecule has 0 spiro atoms. The molecule has 0 atom stereocenters. The Morgan fingerprint density at radius 1 is 1.15 bits per heavy atom. The van der Waals surface area contributed by atoms with E-state index in [0.717, 1.165) is 17.9 Å². The number of rotatable bonds is 4. The van der Waals surface area contributed by atoms with Crippen molar-refractivity contribution in [1.29, 1.82) is 0 Å². The average molecular weight is 183 g/mol. The van der Waals surface area contributed by atoms with E-state index in [4.69, 9.17) is 0 Å². The van der Waals surface area contributed by atoms with Gasteiger partial charge in [0.1, 0.15) is 0 Å². The molecule has 0 bridgehead atoms. The van der Waals surface area contributed by atoms with Gasteiger partial charge in [0.2, 0.25) is 0 Å². The molecule has 0 amide bonds. The Labute approximate surface area is 83.3 Å². The van der Waals surface area contributed by atoms with E-state index in [2.05, 4.69) is 26.1 Å². The molecule has 0 aromatic rings. The van der Waals surface area contributed by atoms with Gasteiger partial charge in [0, 0.05) is 6.04 Å². The molecule has 0 unspecified atom stereocenters. The fourth-order valence-electron chi connectivity index (χ4n) is 2.18. The maximum atomic E-state index is 3.67. The monoisotopic (exact) mass is 183 g/mol. The summed E-state index contributed by atoms with van der Waals surface area (Å²) in [5, 5.41) is 3.67. The average Bonchev–Trinajstić information content (AvgIpc) is 2.15. The van der Waals surface area contributed by atoms with Crippen molar-refractivity contribution in [1.82, 2.24) is 5.32 Å². The lowest BCUT2D eigenvalue weighted by molar-refractivity contribution is 0.280. The third kappa shape index (κ3) is 4.12. The maximum absolute atomic E-state index is 3.67. The van der Waals surface area contributed by atoms with Crippen LogP contribution in [-0.4, -0.2) is 12.6 Å². The molecule has 1 nitrogen and oxygen atoms in total. The number of hydrogen-bond acceptors (Lipinski definition) is 1. The Balaban J connectivity index is 2.10. The van der Waals surface area contributed by atoms with Gasteiger partial charge in [0.25, 0.3) is 0 Å². The van der Waals surface area contributed by atoms with E-state index in [9.17, 15) is 0 Å². The van der Waals surface area contributed by atoms with Crippen molar-refractivity contribution < 1.29 is 0 Å². The van der Waals surface area contributed by atoms with Crippen LogP contribution in [0.5, 0.6) is 0 Å². The van der Waals surface area contributed by atoms with Crippen LogP contribution in [0.15, 0.2) is 0 Å². The van der Waals surface area contributed by atoms with Gasteiger partial charge in [0.05, 0.1) is 0 Å². The van der Waals surface area contributed by atoms with E-state index in [-0.39, 0.29) is 0 Å². The van der Waals surface area contributed by atoms with Crippen molar-refractivity contribution in [2.75, 3.05) is 6.54 Å². The molecule has 1 N–H and O–H groups in total. The van der Waals surface area contributed by atoms with Gasteiger partial charge in [-0.3, -0.25) is 0 Å². The van der Waals surface area contributed by atoms with Crippen LogP contribution < -0.4 is 5.32 Å². The van der Waals surface area contributed by atoms with Gasteiger partial charge in [-0.2, -0.15) is 0 Å². The van der Waals surface area contributed by atoms with E-state index in [1.807, 2.05) is 0 Å². The molecule has 1 aliphatic carbocycles. The van der Waals surface area contributed by atoms with Crippen LogP contribution in [0.2, 0.25) is 0 Å². The fourth-order valence-corrected chi connectivity index (χ4v) is 2.18. The molecule has 0 radical (unpaired) electrons. The molecule has 78 valence electrons. The highest BCUT2D eigenvalue weighted by Gasteiger charge is 2.19. The topological polar surface area (TPSA) is 12.0 Å². The minimum absolute atomic E-state index is 0.795. The summed E-state index contributed by atoms with van der Waals surface area (Å²) in [5.74, 6) is 1.82. The molecule has 1 heteroatoms. The summed E-state index contributed by atoms with van der Waals surface area (Å²) in [7, 11) is 0. The van der Waals surface area contributed by atoms with E-state index >= 15 is 0 Å². The molecular weight excluding hydrogens is 158 g/mol. The second-order valence-corrected chi connectivity index (χ2v) is 4.93. The highest BCUT2D eigenvalue weighted by Crippen LogP contribution is 2.26. The van der Waals surface area contributed by atoms with Crippen molar-refractivity contribution in [3.63, 3.8) is 0 Å². The van der Waals surface area contributed by atoms with Crippen LogP contribution in [0, 0.1) is 11.8 Å². The third-order valence-electron chi connectivity index (χ3n) is 3.24. The molecular formula is C12H25N. The fraction of sp³-hybridized carbons (Fsp3) is 1.00. The van der Waals surface area contributed by atoms with Gasteiger partial charge < -0.3 is 5.32 Å². The summed E-state index contributed by atoms with van der Waals surface area (Å²) >= 11 is 0. The smallest absolute Gasteiger partial charge is 0.00673 e. The Bertz CT molecular complexity index is 123. The van der Waals surface area contributed by atoms with E-state index in [1.165, 1.54) is 38.6 Å². The van der Waals surface area contributed by atoms with Crippen LogP contribution in [0.1, 0.15) is 52.9 Å². The molecule has 0 aromatic carbocycles. The first-order valence-electron chi connectivity index (χ1n) is 5.95. The number of hydrogen-bond donors (Lipinski definition) is 1. The van der Waals surface area contributed by atoms with Crippen molar-refractivity contribution in [2.45, 2.75) is 58.9 Å². The van der Waals surface area contributed by atoms with E-state index < -0.39 is 0 Å². The van der Waals surface area contributed by atoms with Crippen LogP contribution in [0.3, 0.4) is 0 Å². The Kier molecular flexibility index (Phi) is 4.79. The summed E-state index contributed by atoms with van der Waals surface area (Å²) in [6.45, 7) is 8.09. The lowest BCUT2D eigenvalue weighted by atomic mass is 9.84. The first-order chi connectivity index (χ1) is 6.22. The molecule has 1 saturated carbocycles. The predicted octanol–water partition coefficient (Wildman–Crippen LogP) is 3.20. The first-order valence-corrected chi connectivity index (χ1v) is 5.95. The summed E-state index contributed by atoms with van der Waals surface area (Å²) in [4.78, 5) is 0. The summed E-state index contributed by atoms with van der Waals surface area (Å²) in [6, 6.07) is 0.824. The van der Waals surface area contributed by atoms with Gasteiger partial charge in [-0.05, 0) is 44.1 Å². The number of nitrogens with one attached hydrogen (secondary N) is 1. The zero-order chi connectivity index (χ0) is 9.68. The van der Waals surface area contributed by atoms with Gasteiger partial charge in [-0.15, -0.1) is 0 Å². The lowest BCUT2D eigenvalue weighted by Gasteiger charge is -2.29. The minimum Gasteiger partial charge on any atom is -0.314 e. The summed E-state index contributed by atoms with van der Waals surface area (Å²) in [6.07, 6.45) is 7.10. The largest absolute Gasteiger partial charge is 0.314 e. The Morgan fingerprint density at radius 3 is 2.23 bits per heavy atom. The predicted molar refractivity (Wildman–Crippen MR) is 58.9 cm³/mol. The molecule has 1 rings (SSSR count). The van der Waals surface area contributed by atoms with Crippen molar-refractivity contribution in [2.24, 2.45) is 11.8 Å². The first kappa shape index (κ1) is 11.0. The molecule has 13 heavy (non-hydrogen) atoms. The molecule has 0 saturated heterocycles. The van der Waals surface area contributed by atoms with Gasteiger partial charge in [0.15, 0.2) is 0 Å². The molecule has 0 aliphatic heterocycles. The molecule has 0 heterocycles. The Hall–Kier alpha value is -0.0400. The highest BCUT2D eigenvalue weighted by atomic mass is 14.9. The zero-order valence-electron chi connectivity index (χ0n) is 9.47. The summed E-state index contributed by atoms with van der Waals surface area (Å²) in [5.41, 5.74) is 0. The van der Waals surface area contributed by atoms with Crippen molar-refractivity contribution in [3.8, 4) is 0 Å². The van der Waals surface area contributed by atoms with Gasteiger partial charge in [-0.25, -0.2) is 0 Å². The van der Waals surface area contributed by atoms with Gasteiger partial charge >= 0.3 is 0 Å². The second kappa shape index (κ2) is 5.64. The van der Waals surface area contributed by atoms with Crippen LogP contribution in [0.25, 0.3) is 0 Å². The zero-order valence-corrected chi connectivity index (χ0v) is 9.47. The molecule has 1 aliphatic rings. The molecule has 0 aromatic heterocycles. The molecule has 1 fully saturated rings. The Morgan fingerprint density at radius 2 is 1.77 bits per heavy atom. The second-order valence-electron chi connectivity index (χ2n) is 4.93. The third-order valence-corrected chi connectivity index (χ3v) is 3.24. The van der Waals surface area contributed by atoms with Crippen LogP contribution >= 0.6 is 0 Å². The highest BCUT2D eigenvalue weighted by molar-refractivity contribution is 4.76. The summed E-state index contributed by atoms with van der Waals surface area (Å²) < 4.78 is 0. The van der Waals surface area contributed by atoms with Crippen molar-refractivity contribution >= 4 is 0 Å². The minimum atomic E-state index is 0.795. The van der Waals surface area contributed by atoms with E-state index in [1.54, 1.807) is 0 Å². The van der Waals surface area contributed by atoms with Gasteiger partial charge in [-0.1, -0.05) is 27.2 Å². The maximum Gasteiger partial charge on any atom is 0.00673 e. The van der Waals surface area contributed by atoms with Crippen LogP contribution in [0.4, 0.5) is 0 Å². The quantitative estimate of drug-likeness (QED) is 0.706.